The van der Waals surface area contributed by atoms with Gasteiger partial charge in [0.15, 0.2) is 5.82 Å². The molecule has 1 fully saturated rings. The Labute approximate surface area is 228 Å². The zero-order valence-corrected chi connectivity index (χ0v) is 22.2. The van der Waals surface area contributed by atoms with Crippen molar-refractivity contribution in [1.29, 1.82) is 0 Å². The van der Waals surface area contributed by atoms with Gasteiger partial charge in [0.25, 0.3) is 0 Å². The van der Waals surface area contributed by atoms with E-state index in [0.29, 0.717) is 0 Å². The van der Waals surface area contributed by atoms with Crippen LogP contribution in [0.3, 0.4) is 0 Å². The largest absolute Gasteiger partial charge is 0.340 e. The number of H-pyrrole nitrogens is 2. The van der Waals surface area contributed by atoms with Crippen LogP contribution in [-0.4, -0.2) is 36.7 Å². The molecule has 0 amide bonds. The van der Waals surface area contributed by atoms with Gasteiger partial charge in [0.2, 0.25) is 0 Å². The lowest BCUT2D eigenvalue weighted by atomic mass is 10.0. The van der Waals surface area contributed by atoms with Gasteiger partial charge < -0.3 is 10.3 Å². The minimum absolute atomic E-state index is 0.720. The Morgan fingerprint density at radius 3 is 2.72 bits per heavy atom. The van der Waals surface area contributed by atoms with Crippen LogP contribution in [0.1, 0.15) is 48.2 Å². The van der Waals surface area contributed by atoms with Crippen molar-refractivity contribution >= 4 is 16.5 Å². The summed E-state index contributed by atoms with van der Waals surface area (Å²) in [5.41, 5.74) is 8.98. The summed E-state index contributed by atoms with van der Waals surface area (Å²) in [4.78, 5) is 17.1. The molecule has 1 saturated carbocycles. The van der Waals surface area contributed by atoms with E-state index in [1.165, 1.54) is 31.2 Å². The fraction of sp³-hybridized carbons (Fsp3) is 0.250. The van der Waals surface area contributed by atoms with Crippen molar-refractivity contribution in [3.05, 3.63) is 102 Å². The Morgan fingerprint density at radius 1 is 1.05 bits per heavy atom. The highest BCUT2D eigenvalue weighted by Gasteiger charge is 2.18. The first kappa shape index (κ1) is 24.9. The number of nitrogens with zero attached hydrogens (tertiary/aromatic N) is 4. The van der Waals surface area contributed by atoms with Gasteiger partial charge in [0, 0.05) is 53.5 Å². The summed E-state index contributed by atoms with van der Waals surface area (Å²) in [6, 6.07) is 12.5. The number of nitrogens with one attached hydrogen (secondary N) is 3. The Bertz CT molecular complexity index is 1620. The van der Waals surface area contributed by atoms with E-state index in [4.69, 9.17) is 4.98 Å². The number of rotatable bonds is 9. The molecule has 1 aliphatic carbocycles. The van der Waals surface area contributed by atoms with Gasteiger partial charge in [-0.05, 0) is 79.3 Å². The third kappa shape index (κ3) is 5.31. The van der Waals surface area contributed by atoms with Crippen LogP contribution in [0.4, 0.5) is 0 Å². The summed E-state index contributed by atoms with van der Waals surface area (Å²) < 4.78 is 0. The highest BCUT2D eigenvalue weighted by molar-refractivity contribution is 5.94. The number of hydrogen-bond donors (Lipinski definition) is 3. The van der Waals surface area contributed by atoms with Crippen molar-refractivity contribution in [3.8, 4) is 22.6 Å². The minimum atomic E-state index is 0.720. The van der Waals surface area contributed by atoms with E-state index < -0.39 is 0 Å². The Hall–Kier alpha value is -4.36. The van der Waals surface area contributed by atoms with Gasteiger partial charge in [-0.1, -0.05) is 37.6 Å². The monoisotopic (exact) mass is 515 g/mol. The number of pyridine rings is 2. The summed E-state index contributed by atoms with van der Waals surface area (Å²) >= 11 is 0. The molecule has 196 valence electrons. The molecule has 0 unspecified atom stereocenters. The van der Waals surface area contributed by atoms with Gasteiger partial charge in [-0.15, -0.1) is 0 Å². The summed E-state index contributed by atoms with van der Waals surface area (Å²) in [5, 5.41) is 12.5. The predicted octanol–water partition coefficient (Wildman–Crippen LogP) is 6.62. The molecule has 0 bridgehead atoms. The van der Waals surface area contributed by atoms with E-state index in [9.17, 15) is 0 Å². The van der Waals surface area contributed by atoms with Crippen LogP contribution in [-0.2, 0) is 6.54 Å². The summed E-state index contributed by atoms with van der Waals surface area (Å²) in [7, 11) is 0. The van der Waals surface area contributed by atoms with Crippen LogP contribution >= 0.6 is 0 Å². The van der Waals surface area contributed by atoms with Gasteiger partial charge in [-0.25, -0.2) is 4.98 Å². The number of aryl methyl sites for hydroxylation is 1. The molecule has 1 aliphatic rings. The standard InChI is InChI=1S/C32H33N7/c1-3-6-27(24-11-13-33-14-12-24)30-21(2)36-32(37-30)31-28-16-25(9-10-29(28)38-39-31)26-15-23(19-35-20-26)18-34-17-22-7-4-5-8-22/h3,6,9-16,19-20,22,34H,1,4-5,7-8,17-18H2,2H3,(H,36,37)(H,38,39)/b27-6-. The molecule has 6 rings (SSSR count). The van der Waals surface area contributed by atoms with Gasteiger partial charge in [-0.2, -0.15) is 5.10 Å². The van der Waals surface area contributed by atoms with Crippen molar-refractivity contribution in [3.63, 3.8) is 0 Å². The smallest absolute Gasteiger partial charge is 0.159 e. The normalized spacial score (nSPS) is 14.3. The van der Waals surface area contributed by atoms with Crippen molar-refractivity contribution < 1.29 is 0 Å². The van der Waals surface area contributed by atoms with Crippen LogP contribution in [0.2, 0.25) is 0 Å². The fourth-order valence-electron chi connectivity index (χ4n) is 5.55. The first-order valence-electron chi connectivity index (χ1n) is 13.6. The lowest BCUT2D eigenvalue weighted by molar-refractivity contribution is 0.489. The topological polar surface area (TPSA) is 95.2 Å². The molecule has 7 nitrogen and oxygen atoms in total. The molecule has 4 heterocycles. The SMILES string of the molecule is C=C/C=C(/c1ccncc1)c1nc(-c2n[nH]c3ccc(-c4cncc(CNCC5CCCC5)c4)cc23)[nH]c1C. The van der Waals surface area contributed by atoms with E-state index in [2.05, 4.69) is 61.3 Å². The molecule has 0 saturated heterocycles. The van der Waals surface area contributed by atoms with Crippen molar-refractivity contribution in [2.24, 2.45) is 5.92 Å². The van der Waals surface area contributed by atoms with Crippen LogP contribution < -0.4 is 5.32 Å². The molecule has 4 aromatic heterocycles. The fourth-order valence-corrected chi connectivity index (χ4v) is 5.55. The molecule has 5 aromatic rings. The Balaban J connectivity index is 1.29. The highest BCUT2D eigenvalue weighted by atomic mass is 15.1. The molecular weight excluding hydrogens is 482 g/mol. The minimum Gasteiger partial charge on any atom is -0.340 e. The molecule has 3 N–H and O–H groups in total. The third-order valence-corrected chi connectivity index (χ3v) is 7.57. The molecule has 7 heteroatoms. The van der Waals surface area contributed by atoms with Crippen molar-refractivity contribution in [2.45, 2.75) is 39.2 Å². The van der Waals surface area contributed by atoms with E-state index in [0.717, 1.165) is 75.1 Å². The number of fused-ring (bicyclic) bond motifs is 1. The van der Waals surface area contributed by atoms with E-state index in [1.54, 1.807) is 18.5 Å². The molecule has 0 radical (unpaired) electrons. The molecule has 0 atom stereocenters. The maximum Gasteiger partial charge on any atom is 0.159 e. The number of aromatic nitrogens is 6. The number of imidazole rings is 1. The average molecular weight is 516 g/mol. The Kier molecular flexibility index (Phi) is 7.15. The van der Waals surface area contributed by atoms with Gasteiger partial charge >= 0.3 is 0 Å². The lowest BCUT2D eigenvalue weighted by Gasteiger charge is -2.11. The number of aromatic amines is 2. The van der Waals surface area contributed by atoms with E-state index in [1.807, 2.05) is 37.5 Å². The van der Waals surface area contributed by atoms with Gasteiger partial charge in [-0.3, -0.25) is 15.1 Å². The van der Waals surface area contributed by atoms with Crippen LogP contribution in [0.15, 0.2) is 79.9 Å². The van der Waals surface area contributed by atoms with Crippen LogP contribution in [0.25, 0.3) is 39.1 Å². The molecular formula is C32H33N7. The summed E-state index contributed by atoms with van der Waals surface area (Å²) in [6.45, 7) is 7.85. The second-order valence-corrected chi connectivity index (χ2v) is 10.3. The summed E-state index contributed by atoms with van der Waals surface area (Å²) in [6.07, 6.45) is 16.7. The number of allylic oxidation sites excluding steroid dienone is 2. The zero-order valence-electron chi connectivity index (χ0n) is 22.2. The molecule has 39 heavy (non-hydrogen) atoms. The van der Waals surface area contributed by atoms with E-state index in [-0.39, 0.29) is 0 Å². The Morgan fingerprint density at radius 2 is 1.90 bits per heavy atom. The van der Waals surface area contributed by atoms with Crippen LogP contribution in [0.5, 0.6) is 0 Å². The summed E-state index contributed by atoms with van der Waals surface area (Å²) in [5.74, 6) is 1.54. The highest BCUT2D eigenvalue weighted by Crippen LogP contribution is 2.32. The number of benzene rings is 1. The second kappa shape index (κ2) is 11.2. The second-order valence-electron chi connectivity index (χ2n) is 10.3. The maximum atomic E-state index is 4.99. The van der Waals surface area contributed by atoms with Gasteiger partial charge in [0.05, 0.1) is 11.2 Å². The molecule has 0 spiro atoms. The van der Waals surface area contributed by atoms with Crippen molar-refractivity contribution in [1.82, 2.24) is 35.5 Å². The predicted molar refractivity (Wildman–Crippen MR) is 157 cm³/mol. The van der Waals surface area contributed by atoms with Gasteiger partial charge in [0.1, 0.15) is 5.69 Å². The maximum absolute atomic E-state index is 4.99. The number of hydrogen-bond acceptors (Lipinski definition) is 5. The first-order valence-corrected chi connectivity index (χ1v) is 13.6. The van der Waals surface area contributed by atoms with Crippen LogP contribution in [0, 0.1) is 12.8 Å². The van der Waals surface area contributed by atoms with Crippen molar-refractivity contribution in [2.75, 3.05) is 6.54 Å². The first-order chi connectivity index (χ1) is 19.2. The third-order valence-electron chi connectivity index (χ3n) is 7.57. The average Bonchev–Trinajstić information content (AvgIpc) is 3.72. The quantitative estimate of drug-likeness (QED) is 0.192. The zero-order chi connectivity index (χ0) is 26.6. The lowest BCUT2D eigenvalue weighted by Crippen LogP contribution is -2.20. The van der Waals surface area contributed by atoms with E-state index >= 15 is 0 Å². The molecule has 1 aromatic carbocycles. The molecule has 0 aliphatic heterocycles.